The number of hydrogen-bond donors (Lipinski definition) is 2. The third-order valence-corrected chi connectivity index (χ3v) is 7.06. The van der Waals surface area contributed by atoms with E-state index in [0.29, 0.717) is 30.2 Å². The number of halogens is 1. The van der Waals surface area contributed by atoms with Crippen molar-refractivity contribution in [3.63, 3.8) is 0 Å². The molecular weight excluding hydrogens is 472 g/mol. The molecule has 3 aromatic rings. The first-order valence-electron chi connectivity index (χ1n) is 7.89. The zero-order valence-electron chi connectivity index (χ0n) is 14.3. The maximum atomic E-state index is 12.5. The van der Waals surface area contributed by atoms with Gasteiger partial charge in [-0.1, -0.05) is 0 Å². The van der Waals surface area contributed by atoms with E-state index < -0.39 is 10.0 Å². The predicted molar refractivity (Wildman–Crippen MR) is 112 cm³/mol. The smallest absolute Gasteiger partial charge is 0.266 e. The third kappa shape index (κ3) is 5.98. The summed E-state index contributed by atoms with van der Waals surface area (Å²) in [7, 11) is -3.20. The summed E-state index contributed by atoms with van der Waals surface area (Å²) in [5.74, 6) is 0.412. The molecule has 3 rings (SSSR count). The molecule has 144 valence electrons. The van der Waals surface area contributed by atoms with Gasteiger partial charge in [0.1, 0.15) is 5.82 Å². The molecule has 0 bridgehead atoms. The molecule has 0 saturated heterocycles. The Labute approximate surface area is 173 Å². The molecule has 11 heteroatoms. The van der Waals surface area contributed by atoms with Crippen LogP contribution in [0.2, 0.25) is 0 Å². The maximum absolute atomic E-state index is 12.5. The molecule has 2 N–H and O–H groups in total. The van der Waals surface area contributed by atoms with Gasteiger partial charge >= 0.3 is 0 Å². The zero-order valence-corrected chi connectivity index (χ0v) is 18.3. The van der Waals surface area contributed by atoms with Crippen molar-refractivity contribution < 1.29 is 13.2 Å². The maximum Gasteiger partial charge on any atom is 0.266 e. The number of anilines is 1. The SMILES string of the molecule is CS(=O)(=O)NCCc1ccc(C(=O)Nc2ccnn2Cc2cc(Br)cs2)s1. The van der Waals surface area contributed by atoms with Gasteiger partial charge in [0.25, 0.3) is 5.91 Å². The summed E-state index contributed by atoms with van der Waals surface area (Å²) in [5, 5.41) is 9.15. The summed E-state index contributed by atoms with van der Waals surface area (Å²) in [5.41, 5.74) is 0. The van der Waals surface area contributed by atoms with Gasteiger partial charge in [0, 0.05) is 32.2 Å². The molecule has 3 heterocycles. The van der Waals surface area contributed by atoms with Crippen molar-refractivity contribution in [2.75, 3.05) is 18.1 Å². The van der Waals surface area contributed by atoms with E-state index in [-0.39, 0.29) is 5.91 Å². The molecule has 0 unspecified atom stereocenters. The fourth-order valence-corrected chi connectivity index (χ4v) is 5.13. The number of sulfonamides is 1. The van der Waals surface area contributed by atoms with Crippen LogP contribution in [0.3, 0.4) is 0 Å². The minimum absolute atomic E-state index is 0.212. The number of nitrogens with one attached hydrogen (secondary N) is 2. The first-order chi connectivity index (χ1) is 12.8. The summed E-state index contributed by atoms with van der Waals surface area (Å²) in [6.45, 7) is 0.884. The van der Waals surface area contributed by atoms with Crippen molar-refractivity contribution in [3.8, 4) is 0 Å². The summed E-state index contributed by atoms with van der Waals surface area (Å²) in [6, 6.07) is 7.36. The van der Waals surface area contributed by atoms with Gasteiger partial charge in [0.05, 0.1) is 23.9 Å². The Hall–Kier alpha value is -1.53. The second kappa shape index (κ2) is 8.65. The minimum atomic E-state index is -3.20. The molecule has 0 saturated carbocycles. The summed E-state index contributed by atoms with van der Waals surface area (Å²) in [6.07, 6.45) is 3.31. The van der Waals surface area contributed by atoms with Crippen LogP contribution in [0.1, 0.15) is 19.4 Å². The lowest BCUT2D eigenvalue weighted by atomic mass is 10.3. The van der Waals surface area contributed by atoms with Crippen LogP contribution < -0.4 is 10.0 Å². The van der Waals surface area contributed by atoms with Crippen LogP contribution in [0.5, 0.6) is 0 Å². The fourth-order valence-electron chi connectivity index (χ4n) is 2.32. The highest BCUT2D eigenvalue weighted by atomic mass is 79.9. The molecule has 0 aliphatic heterocycles. The van der Waals surface area contributed by atoms with Crippen molar-refractivity contribution in [1.82, 2.24) is 14.5 Å². The van der Waals surface area contributed by atoms with Crippen LogP contribution in [0.4, 0.5) is 5.82 Å². The number of rotatable bonds is 8. The number of carbonyl (C=O) groups excluding carboxylic acids is 1. The Bertz CT molecular complexity index is 1040. The summed E-state index contributed by atoms with van der Waals surface area (Å²) < 4.78 is 27.4. The van der Waals surface area contributed by atoms with Gasteiger partial charge in [-0.25, -0.2) is 17.8 Å². The van der Waals surface area contributed by atoms with Gasteiger partial charge in [0.15, 0.2) is 0 Å². The Morgan fingerprint density at radius 1 is 1.30 bits per heavy atom. The van der Waals surface area contributed by atoms with Gasteiger partial charge in [0.2, 0.25) is 10.0 Å². The first-order valence-corrected chi connectivity index (χ1v) is 12.3. The van der Waals surface area contributed by atoms with Gasteiger partial charge < -0.3 is 5.32 Å². The van der Waals surface area contributed by atoms with Crippen LogP contribution in [0, 0.1) is 0 Å². The van der Waals surface area contributed by atoms with E-state index in [9.17, 15) is 13.2 Å². The number of hydrogen-bond acceptors (Lipinski definition) is 6. The molecule has 0 atom stereocenters. The second-order valence-electron chi connectivity index (χ2n) is 5.74. The van der Waals surface area contributed by atoms with E-state index in [4.69, 9.17) is 0 Å². The summed E-state index contributed by atoms with van der Waals surface area (Å²) in [4.78, 5) is 15.1. The van der Waals surface area contributed by atoms with E-state index in [1.807, 2.05) is 17.5 Å². The van der Waals surface area contributed by atoms with Crippen molar-refractivity contribution in [2.24, 2.45) is 0 Å². The van der Waals surface area contributed by atoms with Gasteiger partial charge in [-0.2, -0.15) is 5.10 Å². The number of amides is 1. The summed E-state index contributed by atoms with van der Waals surface area (Å²) >= 11 is 6.39. The van der Waals surface area contributed by atoms with Crippen molar-refractivity contribution >= 4 is 60.4 Å². The monoisotopic (exact) mass is 488 g/mol. The normalized spacial score (nSPS) is 11.6. The molecule has 0 aliphatic carbocycles. The molecule has 7 nitrogen and oxygen atoms in total. The molecule has 0 aliphatic rings. The predicted octanol–water partition coefficient (Wildman–Crippen LogP) is 3.16. The van der Waals surface area contributed by atoms with Gasteiger partial charge in [-0.05, 0) is 40.5 Å². The molecular formula is C16H17BrN4O3S3. The van der Waals surface area contributed by atoms with Crippen LogP contribution in [0.25, 0.3) is 0 Å². The van der Waals surface area contributed by atoms with Gasteiger partial charge in [-0.15, -0.1) is 22.7 Å². The number of thiophene rings is 2. The average Bonchev–Trinajstić information content (AvgIpc) is 3.29. The van der Waals surface area contributed by atoms with E-state index >= 15 is 0 Å². The van der Waals surface area contributed by atoms with Crippen LogP contribution in [-0.4, -0.2) is 36.9 Å². The highest BCUT2D eigenvalue weighted by molar-refractivity contribution is 9.10. The lowest BCUT2D eigenvalue weighted by molar-refractivity contribution is 0.102. The van der Waals surface area contributed by atoms with E-state index in [0.717, 1.165) is 20.5 Å². The Kier molecular flexibility index (Phi) is 6.48. The fraction of sp³-hybridized carbons (Fsp3) is 0.250. The Balaban J connectivity index is 1.60. The van der Waals surface area contributed by atoms with Crippen molar-refractivity contribution in [2.45, 2.75) is 13.0 Å². The largest absolute Gasteiger partial charge is 0.306 e. The molecule has 1 amide bonds. The molecule has 0 aromatic carbocycles. The van der Waals surface area contributed by atoms with Crippen molar-refractivity contribution in [3.05, 3.63) is 54.9 Å². The Morgan fingerprint density at radius 3 is 2.81 bits per heavy atom. The molecule has 0 fully saturated rings. The second-order valence-corrected chi connectivity index (χ2v) is 10.7. The third-order valence-electron chi connectivity index (χ3n) is 3.51. The van der Waals surface area contributed by atoms with E-state index in [2.05, 4.69) is 31.1 Å². The highest BCUT2D eigenvalue weighted by Gasteiger charge is 2.13. The highest BCUT2D eigenvalue weighted by Crippen LogP contribution is 2.22. The van der Waals surface area contributed by atoms with Crippen LogP contribution in [0.15, 0.2) is 40.3 Å². The molecule has 27 heavy (non-hydrogen) atoms. The zero-order chi connectivity index (χ0) is 19.4. The van der Waals surface area contributed by atoms with E-state index in [1.165, 1.54) is 11.3 Å². The van der Waals surface area contributed by atoms with E-state index in [1.54, 1.807) is 34.3 Å². The topological polar surface area (TPSA) is 93.1 Å². The molecule has 3 aromatic heterocycles. The lowest BCUT2D eigenvalue weighted by Gasteiger charge is -2.07. The molecule has 0 spiro atoms. The van der Waals surface area contributed by atoms with Crippen LogP contribution in [-0.2, 0) is 23.0 Å². The minimum Gasteiger partial charge on any atom is -0.306 e. The number of aromatic nitrogens is 2. The molecule has 0 radical (unpaired) electrons. The number of carbonyl (C=O) groups is 1. The average molecular weight is 489 g/mol. The Morgan fingerprint density at radius 2 is 2.11 bits per heavy atom. The van der Waals surface area contributed by atoms with Crippen molar-refractivity contribution in [1.29, 1.82) is 0 Å². The standard InChI is InChI=1S/C16H17BrN4O3S3/c1-27(23,24)19-7-4-12-2-3-14(26-12)16(22)20-15-5-6-18-21(15)9-13-8-11(17)10-25-13/h2-3,5-6,8,10,19H,4,7,9H2,1H3,(H,20,22). The lowest BCUT2D eigenvalue weighted by Crippen LogP contribution is -2.24. The van der Waals surface area contributed by atoms with Crippen LogP contribution >= 0.6 is 38.6 Å². The number of nitrogens with zero attached hydrogens (tertiary/aromatic N) is 2. The first kappa shape index (κ1) is 20.2. The van der Waals surface area contributed by atoms with Gasteiger partial charge in [-0.3, -0.25) is 4.79 Å². The quantitative estimate of drug-likeness (QED) is 0.509.